The molecule has 0 unspecified atom stereocenters. The van der Waals surface area contributed by atoms with Crippen LogP contribution in [0.15, 0.2) is 30.5 Å². The van der Waals surface area contributed by atoms with E-state index >= 15 is 0 Å². The van der Waals surface area contributed by atoms with Crippen molar-refractivity contribution in [1.82, 2.24) is 14.5 Å². The number of benzene rings is 1. The maximum atomic E-state index is 14.3. The van der Waals surface area contributed by atoms with Gasteiger partial charge in [-0.2, -0.15) is 0 Å². The number of rotatable bonds is 6. The summed E-state index contributed by atoms with van der Waals surface area (Å²) < 4.78 is 35.3. The van der Waals surface area contributed by atoms with E-state index in [1.165, 1.54) is 12.1 Å². The average Bonchev–Trinajstić information content (AvgIpc) is 3.42. The smallest absolute Gasteiger partial charge is 0.208 e. The SMILES string of the molecule is CC(C)(O)C1CCC(Nc2cc3c(cn2)nc(Nc2ccc(F)cc2F)n3[C@H]2CCOC2)CC1. The number of nitrogens with zero attached hydrogens (tertiary/aromatic N) is 3. The summed E-state index contributed by atoms with van der Waals surface area (Å²) in [6, 6.07) is 5.76. The van der Waals surface area contributed by atoms with E-state index in [0.29, 0.717) is 36.6 Å². The molecule has 3 N–H and O–H groups in total. The Morgan fingerprint density at radius 3 is 2.59 bits per heavy atom. The highest BCUT2D eigenvalue weighted by Gasteiger charge is 2.31. The van der Waals surface area contributed by atoms with Gasteiger partial charge in [0.25, 0.3) is 0 Å². The van der Waals surface area contributed by atoms with Gasteiger partial charge >= 0.3 is 0 Å². The van der Waals surface area contributed by atoms with E-state index in [0.717, 1.165) is 49.5 Å². The molecule has 1 saturated carbocycles. The molecule has 3 aromatic rings. The predicted molar refractivity (Wildman–Crippen MR) is 127 cm³/mol. The fraction of sp³-hybridized carbons (Fsp3) is 0.520. The lowest BCUT2D eigenvalue weighted by Gasteiger charge is -2.36. The van der Waals surface area contributed by atoms with Gasteiger partial charge in [-0.05, 0) is 64.0 Å². The van der Waals surface area contributed by atoms with Crippen LogP contribution >= 0.6 is 0 Å². The number of imidazole rings is 1. The minimum Gasteiger partial charge on any atom is -0.390 e. The quantitative estimate of drug-likeness (QED) is 0.461. The van der Waals surface area contributed by atoms with Gasteiger partial charge in [-0.25, -0.2) is 18.7 Å². The normalized spacial score (nSPS) is 23.4. The standard InChI is InChI=1S/C25H31F2N5O2/c1-25(2,33)15-3-6-17(7-4-15)29-23-12-22-21(13-28-23)31-24(32(22)18-9-10-34-14-18)30-20-8-5-16(26)11-19(20)27/h5,8,11-13,15,17-18,33H,3-4,6-7,9-10,14H2,1-2H3,(H,28,29)(H,30,31)/t15?,17?,18-/m0/s1. The summed E-state index contributed by atoms with van der Waals surface area (Å²) in [4.78, 5) is 9.23. The van der Waals surface area contributed by atoms with Crippen molar-refractivity contribution in [2.75, 3.05) is 23.8 Å². The van der Waals surface area contributed by atoms with Gasteiger partial charge in [0.2, 0.25) is 5.95 Å². The Bertz CT molecular complexity index is 1160. The van der Waals surface area contributed by atoms with Crippen LogP contribution in [-0.2, 0) is 4.74 Å². The molecule has 1 saturated heterocycles. The third-order valence-electron chi connectivity index (χ3n) is 7.10. The zero-order valence-corrected chi connectivity index (χ0v) is 19.5. The number of halogens is 2. The van der Waals surface area contributed by atoms with E-state index < -0.39 is 17.2 Å². The van der Waals surface area contributed by atoms with Crippen molar-refractivity contribution < 1.29 is 18.6 Å². The first kappa shape index (κ1) is 23.0. The first-order valence-corrected chi connectivity index (χ1v) is 11.9. The molecule has 7 nitrogen and oxygen atoms in total. The van der Waals surface area contributed by atoms with E-state index in [1.54, 1.807) is 6.20 Å². The second-order valence-electron chi connectivity index (χ2n) is 9.98. The van der Waals surface area contributed by atoms with Crippen LogP contribution in [0.25, 0.3) is 11.0 Å². The molecule has 0 amide bonds. The minimum atomic E-state index is -0.677. The Balaban J connectivity index is 1.41. The maximum Gasteiger partial charge on any atom is 0.208 e. The molecule has 2 fully saturated rings. The fourth-order valence-electron chi connectivity index (χ4n) is 5.13. The molecule has 1 atom stereocenters. The number of ether oxygens (including phenoxy) is 1. The van der Waals surface area contributed by atoms with Crippen LogP contribution in [0.4, 0.5) is 26.2 Å². The van der Waals surface area contributed by atoms with Crippen LogP contribution in [0.5, 0.6) is 0 Å². The lowest BCUT2D eigenvalue weighted by molar-refractivity contribution is -0.000402. The maximum absolute atomic E-state index is 14.3. The third-order valence-corrected chi connectivity index (χ3v) is 7.10. The fourth-order valence-corrected chi connectivity index (χ4v) is 5.13. The molecule has 5 rings (SSSR count). The highest BCUT2D eigenvalue weighted by atomic mass is 19.1. The van der Waals surface area contributed by atoms with Crippen molar-refractivity contribution >= 4 is 28.5 Å². The van der Waals surface area contributed by atoms with Gasteiger partial charge in [0, 0.05) is 24.8 Å². The monoisotopic (exact) mass is 471 g/mol. The Morgan fingerprint density at radius 2 is 1.91 bits per heavy atom. The molecule has 182 valence electrons. The van der Waals surface area contributed by atoms with E-state index in [9.17, 15) is 13.9 Å². The predicted octanol–water partition coefficient (Wildman–Crippen LogP) is 5.16. The zero-order valence-electron chi connectivity index (χ0n) is 19.5. The lowest BCUT2D eigenvalue weighted by Crippen LogP contribution is -2.37. The van der Waals surface area contributed by atoms with Gasteiger partial charge in [0.1, 0.15) is 23.0 Å². The van der Waals surface area contributed by atoms with Crippen LogP contribution in [-0.4, -0.2) is 44.5 Å². The number of hydrogen-bond donors (Lipinski definition) is 3. The van der Waals surface area contributed by atoms with Crippen molar-refractivity contribution in [3.63, 3.8) is 0 Å². The lowest BCUT2D eigenvalue weighted by atomic mass is 9.77. The van der Waals surface area contributed by atoms with Crippen LogP contribution < -0.4 is 10.6 Å². The van der Waals surface area contributed by atoms with Crippen molar-refractivity contribution in [3.8, 4) is 0 Å². The highest BCUT2D eigenvalue weighted by molar-refractivity contribution is 5.81. The third kappa shape index (κ3) is 4.72. The molecule has 1 aliphatic heterocycles. The van der Waals surface area contributed by atoms with E-state index in [1.807, 2.05) is 24.5 Å². The second kappa shape index (κ2) is 9.11. The zero-order chi connectivity index (χ0) is 23.9. The number of nitrogens with one attached hydrogen (secondary N) is 2. The number of anilines is 3. The molecule has 1 aromatic carbocycles. The Kier molecular flexibility index (Phi) is 6.16. The number of fused-ring (bicyclic) bond motifs is 1. The molecule has 0 radical (unpaired) electrons. The summed E-state index contributed by atoms with van der Waals surface area (Å²) >= 11 is 0. The Hall–Kier alpha value is -2.78. The van der Waals surface area contributed by atoms with Crippen LogP contribution in [0.2, 0.25) is 0 Å². The number of hydrogen-bond acceptors (Lipinski definition) is 6. The van der Waals surface area contributed by atoms with Crippen molar-refractivity contribution in [2.24, 2.45) is 5.92 Å². The van der Waals surface area contributed by atoms with Gasteiger partial charge in [0.15, 0.2) is 0 Å². The van der Waals surface area contributed by atoms with Crippen LogP contribution in [0.3, 0.4) is 0 Å². The summed E-state index contributed by atoms with van der Waals surface area (Å²) in [5, 5.41) is 16.9. The van der Waals surface area contributed by atoms with Gasteiger partial charge in [-0.15, -0.1) is 0 Å². The molecule has 9 heteroatoms. The van der Waals surface area contributed by atoms with E-state index in [4.69, 9.17) is 4.74 Å². The van der Waals surface area contributed by atoms with Crippen molar-refractivity contribution in [2.45, 2.75) is 63.6 Å². The summed E-state index contributed by atoms with van der Waals surface area (Å²) in [6.07, 6.45) is 6.42. The molecule has 2 aromatic heterocycles. The second-order valence-corrected chi connectivity index (χ2v) is 9.98. The summed E-state index contributed by atoms with van der Waals surface area (Å²) in [5.41, 5.74) is 1.08. The molecule has 0 spiro atoms. The van der Waals surface area contributed by atoms with Crippen molar-refractivity contribution in [3.05, 3.63) is 42.1 Å². The molecule has 2 aliphatic rings. The summed E-state index contributed by atoms with van der Waals surface area (Å²) in [5.74, 6) is 0.241. The molecule has 3 heterocycles. The molecular formula is C25H31F2N5O2. The minimum absolute atomic E-state index is 0.0495. The number of aromatic nitrogens is 3. The number of aliphatic hydroxyl groups is 1. The first-order valence-electron chi connectivity index (χ1n) is 11.9. The first-order chi connectivity index (χ1) is 16.3. The molecular weight excluding hydrogens is 440 g/mol. The van der Waals surface area contributed by atoms with Gasteiger partial charge in [-0.1, -0.05) is 0 Å². The van der Waals surface area contributed by atoms with Gasteiger partial charge in [0.05, 0.1) is 35.7 Å². The molecule has 34 heavy (non-hydrogen) atoms. The van der Waals surface area contributed by atoms with Gasteiger partial charge in [-0.3, -0.25) is 0 Å². The molecule has 0 bridgehead atoms. The van der Waals surface area contributed by atoms with Gasteiger partial charge < -0.3 is 25.0 Å². The van der Waals surface area contributed by atoms with Crippen LogP contribution in [0, 0.1) is 17.6 Å². The average molecular weight is 472 g/mol. The van der Waals surface area contributed by atoms with E-state index in [-0.39, 0.29) is 11.7 Å². The number of pyridine rings is 1. The molecule has 1 aliphatic carbocycles. The van der Waals surface area contributed by atoms with Crippen LogP contribution in [0.1, 0.15) is 52.0 Å². The topological polar surface area (TPSA) is 84.2 Å². The summed E-state index contributed by atoms with van der Waals surface area (Å²) in [7, 11) is 0. The Morgan fingerprint density at radius 1 is 1.12 bits per heavy atom. The van der Waals surface area contributed by atoms with E-state index in [2.05, 4.69) is 20.6 Å². The Labute approximate surface area is 197 Å². The summed E-state index contributed by atoms with van der Waals surface area (Å²) in [6.45, 7) is 4.96. The van der Waals surface area contributed by atoms with Crippen molar-refractivity contribution in [1.29, 1.82) is 0 Å². The highest BCUT2D eigenvalue weighted by Crippen LogP contribution is 2.35. The largest absolute Gasteiger partial charge is 0.390 e.